The zero-order valence-corrected chi connectivity index (χ0v) is 12.9. The lowest BCUT2D eigenvalue weighted by molar-refractivity contribution is -0.121. The number of imidazole rings is 1. The van der Waals surface area contributed by atoms with Gasteiger partial charge in [0.1, 0.15) is 0 Å². The monoisotopic (exact) mass is 306 g/mol. The Hall–Kier alpha value is -2.95. The van der Waals surface area contributed by atoms with Crippen LogP contribution in [0.5, 0.6) is 0 Å². The maximum Gasteiger partial charge on any atom is 0.241 e. The largest absolute Gasteiger partial charge is 0.330 e. The van der Waals surface area contributed by atoms with Crippen LogP contribution in [0.15, 0.2) is 60.0 Å². The summed E-state index contributed by atoms with van der Waals surface area (Å²) in [5.41, 5.74) is 6.67. The number of aromatic nitrogens is 2. The number of carbonyl (C=O) groups excluding carboxylic acids is 1. The molecule has 0 aliphatic rings. The molecule has 0 radical (unpaired) electrons. The fraction of sp³-hybridized carbons (Fsp3) is 0.167. The van der Waals surface area contributed by atoms with Gasteiger partial charge in [-0.15, -0.1) is 0 Å². The average Bonchev–Trinajstić information content (AvgIpc) is 2.98. The number of rotatable bonds is 5. The molecule has 23 heavy (non-hydrogen) atoms. The summed E-state index contributed by atoms with van der Waals surface area (Å²) in [6, 6.07) is 15.8. The number of aryl methyl sites for hydroxylation is 2. The van der Waals surface area contributed by atoms with Gasteiger partial charge in [-0.3, -0.25) is 4.79 Å². The SMILES string of the molecule is Cc1ccc(C=NNC(=O)CCn2cnc3ccccc32)cc1. The normalized spacial score (nSPS) is 11.2. The number of nitrogens with zero attached hydrogens (tertiary/aromatic N) is 3. The van der Waals surface area contributed by atoms with Crippen LogP contribution >= 0.6 is 0 Å². The second-order valence-electron chi connectivity index (χ2n) is 5.38. The van der Waals surface area contributed by atoms with Crippen molar-refractivity contribution in [2.24, 2.45) is 5.10 Å². The predicted octanol–water partition coefficient (Wildman–Crippen LogP) is 2.89. The third-order valence-electron chi connectivity index (χ3n) is 3.59. The standard InChI is InChI=1S/C18H18N4O/c1-14-6-8-15(9-7-14)12-20-21-18(23)10-11-22-13-19-16-4-2-3-5-17(16)22/h2-9,12-13H,10-11H2,1H3,(H,21,23). The van der Waals surface area contributed by atoms with Crippen molar-refractivity contribution in [3.63, 3.8) is 0 Å². The number of carbonyl (C=O) groups is 1. The second-order valence-corrected chi connectivity index (χ2v) is 5.38. The lowest BCUT2D eigenvalue weighted by Gasteiger charge is -2.03. The summed E-state index contributed by atoms with van der Waals surface area (Å²) >= 11 is 0. The molecule has 0 aliphatic heterocycles. The van der Waals surface area contributed by atoms with E-state index in [0.29, 0.717) is 13.0 Å². The van der Waals surface area contributed by atoms with Gasteiger partial charge in [-0.2, -0.15) is 5.10 Å². The lowest BCUT2D eigenvalue weighted by Crippen LogP contribution is -2.19. The first-order valence-electron chi connectivity index (χ1n) is 7.51. The summed E-state index contributed by atoms with van der Waals surface area (Å²) in [6.45, 7) is 2.61. The van der Waals surface area contributed by atoms with Gasteiger partial charge in [0.15, 0.2) is 0 Å². The molecule has 1 heterocycles. The highest BCUT2D eigenvalue weighted by molar-refractivity contribution is 5.82. The van der Waals surface area contributed by atoms with E-state index in [1.54, 1.807) is 12.5 Å². The number of para-hydroxylation sites is 2. The first kappa shape index (κ1) is 15.0. The van der Waals surface area contributed by atoms with Crippen LogP contribution in [0.25, 0.3) is 11.0 Å². The van der Waals surface area contributed by atoms with E-state index in [0.717, 1.165) is 16.6 Å². The van der Waals surface area contributed by atoms with Gasteiger partial charge in [-0.1, -0.05) is 42.0 Å². The Bertz CT molecular complexity index is 834. The van der Waals surface area contributed by atoms with E-state index in [-0.39, 0.29) is 5.91 Å². The van der Waals surface area contributed by atoms with Crippen LogP contribution in [0, 0.1) is 6.92 Å². The molecule has 0 bridgehead atoms. The van der Waals surface area contributed by atoms with Crippen molar-refractivity contribution in [1.29, 1.82) is 0 Å². The summed E-state index contributed by atoms with van der Waals surface area (Å²) in [5.74, 6) is -0.119. The maximum atomic E-state index is 11.9. The van der Waals surface area contributed by atoms with Gasteiger partial charge in [-0.25, -0.2) is 10.4 Å². The molecular formula is C18H18N4O. The zero-order chi connectivity index (χ0) is 16.1. The first-order valence-corrected chi connectivity index (χ1v) is 7.51. The Labute approximate surface area is 134 Å². The molecular weight excluding hydrogens is 288 g/mol. The van der Waals surface area contributed by atoms with E-state index in [1.165, 1.54) is 5.56 Å². The van der Waals surface area contributed by atoms with Gasteiger partial charge < -0.3 is 4.57 Å². The van der Waals surface area contributed by atoms with E-state index in [4.69, 9.17) is 0 Å². The van der Waals surface area contributed by atoms with Crippen molar-refractivity contribution < 1.29 is 4.79 Å². The Morgan fingerprint density at radius 2 is 2.00 bits per heavy atom. The molecule has 1 aromatic heterocycles. The van der Waals surface area contributed by atoms with Gasteiger partial charge in [0.05, 0.1) is 23.6 Å². The molecule has 0 saturated carbocycles. The zero-order valence-electron chi connectivity index (χ0n) is 12.9. The van der Waals surface area contributed by atoms with Crippen molar-refractivity contribution >= 4 is 23.2 Å². The highest BCUT2D eigenvalue weighted by Gasteiger charge is 2.04. The van der Waals surface area contributed by atoms with Crippen molar-refractivity contribution in [2.45, 2.75) is 19.9 Å². The van der Waals surface area contributed by atoms with E-state index >= 15 is 0 Å². The predicted molar refractivity (Wildman–Crippen MR) is 91.3 cm³/mol. The number of amides is 1. The van der Waals surface area contributed by atoms with Crippen molar-refractivity contribution in [3.8, 4) is 0 Å². The average molecular weight is 306 g/mol. The molecule has 116 valence electrons. The summed E-state index contributed by atoms with van der Waals surface area (Å²) < 4.78 is 1.97. The Morgan fingerprint density at radius 3 is 2.83 bits per heavy atom. The fourth-order valence-corrected chi connectivity index (χ4v) is 2.30. The maximum absolute atomic E-state index is 11.9. The first-order chi connectivity index (χ1) is 11.2. The van der Waals surface area contributed by atoms with Crippen LogP contribution < -0.4 is 5.43 Å². The molecule has 0 saturated heterocycles. The topological polar surface area (TPSA) is 59.3 Å². The van der Waals surface area contributed by atoms with Gasteiger partial charge >= 0.3 is 0 Å². The number of fused-ring (bicyclic) bond motifs is 1. The van der Waals surface area contributed by atoms with Gasteiger partial charge in [0.25, 0.3) is 0 Å². The Kier molecular flexibility index (Phi) is 4.47. The van der Waals surface area contributed by atoms with E-state index in [2.05, 4.69) is 15.5 Å². The molecule has 5 heteroatoms. The fourth-order valence-electron chi connectivity index (χ4n) is 2.30. The van der Waals surface area contributed by atoms with Crippen LogP contribution in [0.4, 0.5) is 0 Å². The van der Waals surface area contributed by atoms with Crippen molar-refractivity contribution in [1.82, 2.24) is 15.0 Å². The van der Waals surface area contributed by atoms with Crippen molar-refractivity contribution in [2.75, 3.05) is 0 Å². The highest BCUT2D eigenvalue weighted by atomic mass is 16.2. The molecule has 5 nitrogen and oxygen atoms in total. The van der Waals surface area contributed by atoms with E-state index in [1.807, 2.05) is 60.0 Å². The van der Waals surface area contributed by atoms with Crippen molar-refractivity contribution in [3.05, 3.63) is 66.0 Å². The Morgan fingerprint density at radius 1 is 1.22 bits per heavy atom. The third kappa shape index (κ3) is 3.83. The number of nitrogens with one attached hydrogen (secondary N) is 1. The van der Waals surface area contributed by atoms with E-state index in [9.17, 15) is 4.79 Å². The summed E-state index contributed by atoms with van der Waals surface area (Å²) in [4.78, 5) is 16.2. The molecule has 0 unspecified atom stereocenters. The highest BCUT2D eigenvalue weighted by Crippen LogP contribution is 2.11. The van der Waals surface area contributed by atoms with Crippen LogP contribution in [0.2, 0.25) is 0 Å². The van der Waals surface area contributed by atoms with Crippen LogP contribution in [0.3, 0.4) is 0 Å². The van der Waals surface area contributed by atoms with Gasteiger partial charge in [0.2, 0.25) is 5.91 Å². The quantitative estimate of drug-likeness (QED) is 0.582. The molecule has 3 rings (SSSR count). The molecule has 1 N–H and O–H groups in total. The summed E-state index contributed by atoms with van der Waals surface area (Å²) in [6.07, 6.45) is 3.75. The number of hydrazone groups is 1. The molecule has 2 aromatic carbocycles. The third-order valence-corrected chi connectivity index (χ3v) is 3.59. The molecule has 1 amide bonds. The number of benzene rings is 2. The molecule has 3 aromatic rings. The summed E-state index contributed by atoms with van der Waals surface area (Å²) in [7, 11) is 0. The molecule has 0 aliphatic carbocycles. The summed E-state index contributed by atoms with van der Waals surface area (Å²) in [5, 5.41) is 3.98. The van der Waals surface area contributed by atoms with Crippen LogP contribution in [0.1, 0.15) is 17.5 Å². The minimum Gasteiger partial charge on any atom is -0.330 e. The molecule has 0 atom stereocenters. The van der Waals surface area contributed by atoms with Crippen LogP contribution in [-0.2, 0) is 11.3 Å². The number of hydrogen-bond donors (Lipinski definition) is 1. The van der Waals surface area contributed by atoms with E-state index < -0.39 is 0 Å². The van der Waals surface area contributed by atoms with Crippen LogP contribution in [-0.4, -0.2) is 21.7 Å². The molecule has 0 spiro atoms. The number of hydrogen-bond acceptors (Lipinski definition) is 3. The lowest BCUT2D eigenvalue weighted by atomic mass is 10.2. The minimum absolute atomic E-state index is 0.119. The molecule has 0 fully saturated rings. The smallest absolute Gasteiger partial charge is 0.241 e. The minimum atomic E-state index is -0.119. The van der Waals surface area contributed by atoms with Gasteiger partial charge in [0, 0.05) is 13.0 Å². The second kappa shape index (κ2) is 6.87. The Balaban J connectivity index is 1.52. The van der Waals surface area contributed by atoms with Gasteiger partial charge in [-0.05, 0) is 24.6 Å².